The fraction of sp³-hybridized carbons (Fsp3) is 1.00. The van der Waals surface area contributed by atoms with Crippen molar-refractivity contribution in [3.63, 3.8) is 0 Å². The van der Waals surface area contributed by atoms with Gasteiger partial charge in [-0.05, 0) is 57.4 Å². The molecule has 20 heavy (non-hydrogen) atoms. The summed E-state index contributed by atoms with van der Waals surface area (Å²) in [6.07, 6.45) is 10.4. The van der Waals surface area contributed by atoms with E-state index in [0.717, 1.165) is 43.9 Å². The van der Waals surface area contributed by atoms with Crippen molar-refractivity contribution in [1.82, 2.24) is 10.2 Å². The maximum absolute atomic E-state index is 6.10. The van der Waals surface area contributed by atoms with Gasteiger partial charge in [-0.25, -0.2) is 0 Å². The van der Waals surface area contributed by atoms with Crippen molar-refractivity contribution in [3.8, 4) is 0 Å². The lowest BCUT2D eigenvalue weighted by atomic mass is 9.89. The van der Waals surface area contributed by atoms with Crippen LogP contribution in [0.4, 0.5) is 0 Å². The lowest BCUT2D eigenvalue weighted by molar-refractivity contribution is -0.0880. The molecular formula is C17H32N2O. The normalized spacial score (nSPS) is 42.0. The molecule has 0 radical (unpaired) electrons. The van der Waals surface area contributed by atoms with Gasteiger partial charge in [0.15, 0.2) is 0 Å². The number of morpholine rings is 1. The minimum absolute atomic E-state index is 0.470. The van der Waals surface area contributed by atoms with Gasteiger partial charge in [-0.1, -0.05) is 13.8 Å². The second-order valence-corrected chi connectivity index (χ2v) is 7.22. The number of ether oxygens (including phenoxy) is 1. The zero-order valence-corrected chi connectivity index (χ0v) is 13.3. The van der Waals surface area contributed by atoms with E-state index in [9.17, 15) is 0 Å². The number of nitrogens with zero attached hydrogens (tertiary/aromatic N) is 1. The fourth-order valence-electron chi connectivity index (χ4n) is 4.42. The largest absolute Gasteiger partial charge is 0.372 e. The predicted octanol–water partition coefficient (Wildman–Crippen LogP) is 2.80. The zero-order valence-electron chi connectivity index (χ0n) is 13.3. The molecule has 1 N–H and O–H groups in total. The molecule has 4 atom stereocenters. The highest BCUT2D eigenvalue weighted by atomic mass is 16.5. The number of rotatable bonds is 5. The summed E-state index contributed by atoms with van der Waals surface area (Å²) in [5.41, 5.74) is 0. The van der Waals surface area contributed by atoms with Crippen molar-refractivity contribution < 1.29 is 4.74 Å². The Morgan fingerprint density at radius 1 is 1.00 bits per heavy atom. The van der Waals surface area contributed by atoms with Gasteiger partial charge >= 0.3 is 0 Å². The summed E-state index contributed by atoms with van der Waals surface area (Å²) in [7, 11) is 0. The Morgan fingerprint density at radius 3 is 2.15 bits per heavy atom. The summed E-state index contributed by atoms with van der Waals surface area (Å²) >= 11 is 0. The van der Waals surface area contributed by atoms with Crippen LogP contribution in [-0.4, -0.2) is 48.8 Å². The number of nitrogens with one attached hydrogen (secondary N) is 1. The molecule has 0 saturated carbocycles. The van der Waals surface area contributed by atoms with Gasteiger partial charge in [-0.2, -0.15) is 0 Å². The summed E-state index contributed by atoms with van der Waals surface area (Å²) in [6, 6.07) is 1.69. The summed E-state index contributed by atoms with van der Waals surface area (Å²) < 4.78 is 6.10. The minimum Gasteiger partial charge on any atom is -0.372 e. The third kappa shape index (κ3) is 3.55. The number of hydrogen-bond donors (Lipinski definition) is 1. The molecule has 2 bridgehead atoms. The molecule has 0 aromatic heterocycles. The van der Waals surface area contributed by atoms with Gasteiger partial charge < -0.3 is 10.1 Å². The Balaban J connectivity index is 1.45. The average molecular weight is 280 g/mol. The Labute approximate surface area is 124 Å². The third-order valence-corrected chi connectivity index (χ3v) is 5.64. The van der Waals surface area contributed by atoms with E-state index in [0.29, 0.717) is 12.2 Å². The Morgan fingerprint density at radius 2 is 1.60 bits per heavy atom. The monoisotopic (exact) mass is 280 g/mol. The van der Waals surface area contributed by atoms with Gasteiger partial charge in [0.25, 0.3) is 0 Å². The van der Waals surface area contributed by atoms with Crippen LogP contribution in [0.1, 0.15) is 58.8 Å². The molecule has 3 aliphatic rings. The lowest BCUT2D eigenvalue weighted by Gasteiger charge is -2.39. The Hall–Kier alpha value is -0.120. The van der Waals surface area contributed by atoms with Crippen LogP contribution in [-0.2, 0) is 4.74 Å². The summed E-state index contributed by atoms with van der Waals surface area (Å²) in [5.74, 6) is 0.969. The molecule has 3 nitrogen and oxygen atoms in total. The summed E-state index contributed by atoms with van der Waals surface area (Å²) in [5, 5.41) is 3.76. The molecule has 4 unspecified atom stereocenters. The second kappa shape index (κ2) is 6.76. The van der Waals surface area contributed by atoms with E-state index in [1.807, 2.05) is 0 Å². The van der Waals surface area contributed by atoms with Gasteiger partial charge in [0, 0.05) is 25.2 Å². The molecule has 0 aliphatic carbocycles. The first kappa shape index (κ1) is 14.8. The van der Waals surface area contributed by atoms with Crippen molar-refractivity contribution in [1.29, 1.82) is 0 Å². The smallest absolute Gasteiger partial charge is 0.0703 e. The molecule has 116 valence electrons. The number of piperidine rings is 1. The van der Waals surface area contributed by atoms with E-state index in [2.05, 4.69) is 24.1 Å². The van der Waals surface area contributed by atoms with Crippen LogP contribution in [0.2, 0.25) is 0 Å². The number of hydrogen-bond acceptors (Lipinski definition) is 3. The molecule has 0 spiro atoms. The molecule has 0 aromatic carbocycles. The van der Waals surface area contributed by atoms with Crippen molar-refractivity contribution in [2.24, 2.45) is 5.92 Å². The van der Waals surface area contributed by atoms with Crippen molar-refractivity contribution in [2.45, 2.75) is 83.1 Å². The predicted molar refractivity (Wildman–Crippen MR) is 83.0 cm³/mol. The van der Waals surface area contributed by atoms with E-state index < -0.39 is 0 Å². The van der Waals surface area contributed by atoms with Crippen molar-refractivity contribution in [2.75, 3.05) is 19.6 Å². The SMILES string of the molecule is CCC1CN(CCC2CC3CCC(C2)N3)CC(CC)O1. The zero-order chi connectivity index (χ0) is 13.9. The maximum atomic E-state index is 6.10. The second-order valence-electron chi connectivity index (χ2n) is 7.22. The first-order valence-electron chi connectivity index (χ1n) is 8.90. The maximum Gasteiger partial charge on any atom is 0.0703 e. The molecular weight excluding hydrogens is 248 g/mol. The molecule has 3 heterocycles. The fourth-order valence-corrected chi connectivity index (χ4v) is 4.42. The van der Waals surface area contributed by atoms with Crippen LogP contribution < -0.4 is 5.32 Å². The highest BCUT2D eigenvalue weighted by molar-refractivity contribution is 4.92. The lowest BCUT2D eigenvalue weighted by Crippen LogP contribution is -2.48. The van der Waals surface area contributed by atoms with Crippen LogP contribution in [0.3, 0.4) is 0 Å². The number of fused-ring (bicyclic) bond motifs is 2. The van der Waals surface area contributed by atoms with Crippen LogP contribution in [0.5, 0.6) is 0 Å². The van der Waals surface area contributed by atoms with Gasteiger partial charge in [-0.3, -0.25) is 4.90 Å². The van der Waals surface area contributed by atoms with E-state index in [1.165, 1.54) is 38.6 Å². The first-order valence-corrected chi connectivity index (χ1v) is 8.90. The van der Waals surface area contributed by atoms with Gasteiger partial charge in [0.1, 0.15) is 0 Å². The van der Waals surface area contributed by atoms with E-state index >= 15 is 0 Å². The first-order chi connectivity index (χ1) is 9.76. The summed E-state index contributed by atoms with van der Waals surface area (Å²) in [4.78, 5) is 2.68. The van der Waals surface area contributed by atoms with Crippen LogP contribution in [0.15, 0.2) is 0 Å². The Kier molecular flexibility index (Phi) is 5.00. The standard InChI is InChI=1S/C17H32N2O/c1-3-16-11-19(12-17(4-2)20-16)8-7-13-9-14-5-6-15(10-13)18-14/h13-18H,3-12H2,1-2H3. The van der Waals surface area contributed by atoms with E-state index in [-0.39, 0.29) is 0 Å². The average Bonchev–Trinajstić information content (AvgIpc) is 2.83. The molecule has 3 saturated heterocycles. The van der Waals surface area contributed by atoms with Crippen LogP contribution in [0, 0.1) is 5.92 Å². The molecule has 0 aromatic rings. The molecule has 3 fully saturated rings. The molecule has 3 heteroatoms. The molecule has 3 rings (SSSR count). The van der Waals surface area contributed by atoms with E-state index in [4.69, 9.17) is 4.74 Å². The molecule has 3 aliphatic heterocycles. The van der Waals surface area contributed by atoms with Gasteiger partial charge in [0.2, 0.25) is 0 Å². The van der Waals surface area contributed by atoms with Crippen LogP contribution >= 0.6 is 0 Å². The van der Waals surface area contributed by atoms with Crippen LogP contribution in [0.25, 0.3) is 0 Å². The minimum atomic E-state index is 0.470. The highest BCUT2D eigenvalue weighted by Gasteiger charge is 2.34. The van der Waals surface area contributed by atoms with Gasteiger partial charge in [-0.15, -0.1) is 0 Å². The highest BCUT2D eigenvalue weighted by Crippen LogP contribution is 2.33. The van der Waals surface area contributed by atoms with Gasteiger partial charge in [0.05, 0.1) is 12.2 Å². The Bertz CT molecular complexity index is 285. The van der Waals surface area contributed by atoms with E-state index in [1.54, 1.807) is 0 Å². The quantitative estimate of drug-likeness (QED) is 0.838. The third-order valence-electron chi connectivity index (χ3n) is 5.64. The molecule has 0 amide bonds. The topological polar surface area (TPSA) is 24.5 Å². The van der Waals surface area contributed by atoms with Crippen molar-refractivity contribution >= 4 is 0 Å². The summed E-state index contributed by atoms with van der Waals surface area (Å²) in [6.45, 7) is 8.12. The van der Waals surface area contributed by atoms with Crippen molar-refractivity contribution in [3.05, 3.63) is 0 Å².